The highest BCUT2D eigenvalue weighted by Crippen LogP contribution is 2.27. The summed E-state index contributed by atoms with van der Waals surface area (Å²) in [7, 11) is 0. The standard InChI is InChI=1S/C17H20N2O4/c20-15-9-13(11-19(15)14-6-2-1-3-7-14)16(21)18-8-4-5-12(10-18)17(22)23/h1-3,6-7,12-13H,4-5,8-11H2,(H,22,23)/t12-,13+/m0/s1. The first-order valence-electron chi connectivity index (χ1n) is 7.93. The van der Waals surface area contributed by atoms with E-state index in [1.165, 1.54) is 0 Å². The Kier molecular flexibility index (Phi) is 4.32. The van der Waals surface area contributed by atoms with E-state index in [1.807, 2.05) is 30.3 Å². The van der Waals surface area contributed by atoms with Gasteiger partial charge in [0.05, 0.1) is 11.8 Å². The van der Waals surface area contributed by atoms with E-state index in [-0.39, 0.29) is 30.7 Å². The van der Waals surface area contributed by atoms with E-state index >= 15 is 0 Å². The molecule has 0 unspecified atom stereocenters. The molecule has 2 amide bonds. The number of carboxylic acid groups (broad SMARTS) is 1. The second-order valence-electron chi connectivity index (χ2n) is 6.20. The highest BCUT2D eigenvalue weighted by Gasteiger charge is 2.39. The number of para-hydroxylation sites is 1. The molecule has 2 aliphatic rings. The smallest absolute Gasteiger partial charge is 0.308 e. The van der Waals surface area contributed by atoms with E-state index < -0.39 is 11.9 Å². The summed E-state index contributed by atoms with van der Waals surface area (Å²) in [6, 6.07) is 9.31. The van der Waals surface area contributed by atoms with Crippen LogP contribution in [-0.2, 0) is 14.4 Å². The van der Waals surface area contributed by atoms with Crippen molar-refractivity contribution in [1.82, 2.24) is 4.90 Å². The van der Waals surface area contributed by atoms with Gasteiger partial charge in [-0.1, -0.05) is 18.2 Å². The molecule has 0 aromatic heterocycles. The van der Waals surface area contributed by atoms with Gasteiger partial charge in [0.2, 0.25) is 11.8 Å². The van der Waals surface area contributed by atoms with E-state index in [0.29, 0.717) is 25.9 Å². The van der Waals surface area contributed by atoms with Crippen LogP contribution in [0.25, 0.3) is 0 Å². The number of carboxylic acids is 1. The third-order valence-corrected chi connectivity index (χ3v) is 4.62. The SMILES string of the molecule is O=C(O)[C@H]1CCCN(C(=O)[C@@H]2CC(=O)N(c3ccccc3)C2)C1. The van der Waals surface area contributed by atoms with Gasteiger partial charge in [0.1, 0.15) is 0 Å². The first-order chi connectivity index (χ1) is 11.1. The molecule has 23 heavy (non-hydrogen) atoms. The Morgan fingerprint density at radius 2 is 1.83 bits per heavy atom. The average molecular weight is 316 g/mol. The molecule has 2 aliphatic heterocycles. The summed E-state index contributed by atoms with van der Waals surface area (Å²) in [5, 5.41) is 9.14. The number of hydrogen-bond acceptors (Lipinski definition) is 3. The first-order valence-corrected chi connectivity index (χ1v) is 7.93. The predicted molar refractivity (Wildman–Crippen MR) is 83.8 cm³/mol. The van der Waals surface area contributed by atoms with E-state index in [2.05, 4.69) is 0 Å². The zero-order chi connectivity index (χ0) is 16.4. The number of likely N-dealkylation sites (tertiary alicyclic amines) is 1. The van der Waals surface area contributed by atoms with Gasteiger partial charge in [0.25, 0.3) is 0 Å². The van der Waals surface area contributed by atoms with Crippen LogP contribution < -0.4 is 4.90 Å². The van der Waals surface area contributed by atoms with Crippen LogP contribution in [0.1, 0.15) is 19.3 Å². The molecule has 1 N–H and O–H groups in total. The molecule has 6 heteroatoms. The summed E-state index contributed by atoms with van der Waals surface area (Å²) >= 11 is 0. The normalized spacial score (nSPS) is 24.8. The van der Waals surface area contributed by atoms with Crippen molar-refractivity contribution in [3.63, 3.8) is 0 Å². The average Bonchev–Trinajstić information content (AvgIpc) is 2.97. The van der Waals surface area contributed by atoms with Gasteiger partial charge in [-0.3, -0.25) is 14.4 Å². The quantitative estimate of drug-likeness (QED) is 0.913. The molecule has 2 atom stereocenters. The van der Waals surface area contributed by atoms with Crippen LogP contribution in [0.15, 0.2) is 30.3 Å². The van der Waals surface area contributed by atoms with Gasteiger partial charge >= 0.3 is 5.97 Å². The minimum Gasteiger partial charge on any atom is -0.481 e. The number of piperidine rings is 1. The molecule has 0 radical (unpaired) electrons. The van der Waals surface area contributed by atoms with Crippen molar-refractivity contribution in [3.05, 3.63) is 30.3 Å². The molecule has 6 nitrogen and oxygen atoms in total. The van der Waals surface area contributed by atoms with E-state index in [1.54, 1.807) is 9.80 Å². The van der Waals surface area contributed by atoms with Gasteiger partial charge in [-0.15, -0.1) is 0 Å². The molecular weight excluding hydrogens is 296 g/mol. The third kappa shape index (κ3) is 3.21. The molecule has 0 saturated carbocycles. The Bertz CT molecular complexity index is 616. The molecule has 2 heterocycles. The molecular formula is C17H20N2O4. The maximum atomic E-state index is 12.6. The van der Waals surface area contributed by atoms with Crippen molar-refractivity contribution in [3.8, 4) is 0 Å². The van der Waals surface area contributed by atoms with Crippen molar-refractivity contribution in [1.29, 1.82) is 0 Å². The molecule has 1 aromatic carbocycles. The fraction of sp³-hybridized carbons (Fsp3) is 0.471. The fourth-order valence-electron chi connectivity index (χ4n) is 3.37. The van der Waals surface area contributed by atoms with Crippen LogP contribution in [0.4, 0.5) is 5.69 Å². The van der Waals surface area contributed by atoms with Crippen LogP contribution in [0.2, 0.25) is 0 Å². The minimum atomic E-state index is -0.851. The highest BCUT2D eigenvalue weighted by molar-refractivity contribution is 6.00. The molecule has 2 saturated heterocycles. The lowest BCUT2D eigenvalue weighted by Crippen LogP contribution is -2.45. The number of hydrogen-bond donors (Lipinski definition) is 1. The van der Waals surface area contributed by atoms with Crippen LogP contribution in [0, 0.1) is 11.8 Å². The van der Waals surface area contributed by atoms with Crippen LogP contribution in [0.3, 0.4) is 0 Å². The van der Waals surface area contributed by atoms with Gasteiger partial charge in [-0.25, -0.2) is 0 Å². The predicted octanol–water partition coefficient (Wildman–Crippen LogP) is 1.36. The van der Waals surface area contributed by atoms with Gasteiger partial charge in [0.15, 0.2) is 0 Å². The summed E-state index contributed by atoms with van der Waals surface area (Å²) in [6.07, 6.45) is 1.51. The van der Waals surface area contributed by atoms with Crippen molar-refractivity contribution < 1.29 is 19.5 Å². The number of carbonyl (C=O) groups is 3. The number of anilines is 1. The van der Waals surface area contributed by atoms with Crippen molar-refractivity contribution >= 4 is 23.5 Å². The van der Waals surface area contributed by atoms with E-state index in [0.717, 1.165) is 5.69 Å². The highest BCUT2D eigenvalue weighted by atomic mass is 16.4. The summed E-state index contributed by atoms with van der Waals surface area (Å²) in [5.41, 5.74) is 0.801. The molecule has 0 aliphatic carbocycles. The second-order valence-corrected chi connectivity index (χ2v) is 6.20. The number of amides is 2. The number of rotatable bonds is 3. The van der Waals surface area contributed by atoms with Crippen LogP contribution >= 0.6 is 0 Å². The van der Waals surface area contributed by atoms with E-state index in [4.69, 9.17) is 5.11 Å². The van der Waals surface area contributed by atoms with Crippen LogP contribution in [-0.4, -0.2) is 47.4 Å². The molecule has 3 rings (SSSR count). The largest absolute Gasteiger partial charge is 0.481 e. The molecule has 122 valence electrons. The molecule has 0 bridgehead atoms. The lowest BCUT2D eigenvalue weighted by atomic mass is 9.96. The fourth-order valence-corrected chi connectivity index (χ4v) is 3.37. The molecule has 2 fully saturated rings. The lowest BCUT2D eigenvalue weighted by molar-refractivity contribution is -0.146. The number of carbonyl (C=O) groups excluding carboxylic acids is 2. The molecule has 1 aromatic rings. The Labute approximate surface area is 134 Å². The number of nitrogens with zero attached hydrogens (tertiary/aromatic N) is 2. The van der Waals surface area contributed by atoms with Crippen molar-refractivity contribution in [2.75, 3.05) is 24.5 Å². The second kappa shape index (κ2) is 6.40. The number of benzene rings is 1. The third-order valence-electron chi connectivity index (χ3n) is 4.62. The first kappa shape index (κ1) is 15.5. The Morgan fingerprint density at radius 3 is 2.52 bits per heavy atom. The summed E-state index contributed by atoms with van der Waals surface area (Å²) in [6.45, 7) is 1.21. The van der Waals surface area contributed by atoms with Crippen molar-refractivity contribution in [2.24, 2.45) is 11.8 Å². The molecule has 0 spiro atoms. The Morgan fingerprint density at radius 1 is 1.09 bits per heavy atom. The van der Waals surface area contributed by atoms with Crippen LogP contribution in [0.5, 0.6) is 0 Å². The van der Waals surface area contributed by atoms with Gasteiger partial charge in [-0.05, 0) is 25.0 Å². The monoisotopic (exact) mass is 316 g/mol. The van der Waals surface area contributed by atoms with E-state index in [9.17, 15) is 14.4 Å². The maximum absolute atomic E-state index is 12.6. The van der Waals surface area contributed by atoms with Gasteiger partial charge in [-0.2, -0.15) is 0 Å². The van der Waals surface area contributed by atoms with Gasteiger partial charge < -0.3 is 14.9 Å². The topological polar surface area (TPSA) is 77.9 Å². The summed E-state index contributed by atoms with van der Waals surface area (Å²) in [4.78, 5) is 39.2. The van der Waals surface area contributed by atoms with Gasteiger partial charge in [0, 0.05) is 31.7 Å². The van der Waals surface area contributed by atoms with Crippen molar-refractivity contribution in [2.45, 2.75) is 19.3 Å². The Balaban J connectivity index is 1.67. The zero-order valence-electron chi connectivity index (χ0n) is 12.9. The number of aliphatic carboxylic acids is 1. The summed E-state index contributed by atoms with van der Waals surface area (Å²) in [5.74, 6) is -1.87. The Hall–Kier alpha value is -2.37. The minimum absolute atomic E-state index is 0.0543. The zero-order valence-corrected chi connectivity index (χ0v) is 12.9. The summed E-state index contributed by atoms with van der Waals surface area (Å²) < 4.78 is 0. The maximum Gasteiger partial charge on any atom is 0.308 e. The lowest BCUT2D eigenvalue weighted by Gasteiger charge is -2.32.